The van der Waals surface area contributed by atoms with Crippen LogP contribution in [-0.2, 0) is 18.7 Å². The van der Waals surface area contributed by atoms with E-state index in [9.17, 15) is 4.79 Å². The molecule has 2 rings (SSSR count). The van der Waals surface area contributed by atoms with Crippen LogP contribution in [0, 0.1) is 16.7 Å². The van der Waals surface area contributed by atoms with Gasteiger partial charge in [-0.1, -0.05) is 32.9 Å². The van der Waals surface area contributed by atoms with Gasteiger partial charge in [0.15, 0.2) is 8.32 Å². The van der Waals surface area contributed by atoms with Gasteiger partial charge >= 0.3 is 5.97 Å². The summed E-state index contributed by atoms with van der Waals surface area (Å²) in [6.45, 7) is 12.3. The van der Waals surface area contributed by atoms with Gasteiger partial charge in [-0.25, -0.2) is 0 Å². The fourth-order valence-corrected chi connectivity index (χ4v) is 5.34. The summed E-state index contributed by atoms with van der Waals surface area (Å²) in [6, 6.07) is 0. The molecule has 0 bridgehead atoms. The van der Waals surface area contributed by atoms with Crippen molar-refractivity contribution in [3.8, 4) is 0 Å². The minimum Gasteiger partial charge on any atom is -0.468 e. The van der Waals surface area contributed by atoms with E-state index in [1.54, 1.807) is 7.11 Å². The second-order valence-electron chi connectivity index (χ2n) is 9.16. The van der Waals surface area contributed by atoms with Crippen molar-refractivity contribution in [2.75, 3.05) is 27.4 Å². The molecular formula is C19H35NO4Si. The molecule has 0 radical (unpaired) electrons. The Morgan fingerprint density at radius 2 is 1.96 bits per heavy atom. The van der Waals surface area contributed by atoms with E-state index >= 15 is 0 Å². The molecule has 0 aromatic heterocycles. The van der Waals surface area contributed by atoms with E-state index in [4.69, 9.17) is 19.6 Å². The molecule has 6 heteroatoms. The molecule has 0 aromatic carbocycles. The van der Waals surface area contributed by atoms with Crippen LogP contribution in [-0.4, -0.2) is 47.8 Å². The van der Waals surface area contributed by atoms with Gasteiger partial charge in [-0.05, 0) is 36.9 Å². The van der Waals surface area contributed by atoms with Gasteiger partial charge in [0, 0.05) is 25.7 Å². The number of carbonyl (C=O) groups excluding carboxylic acids is 1. The van der Waals surface area contributed by atoms with Gasteiger partial charge < -0.3 is 19.6 Å². The number of esters is 1. The Balaban J connectivity index is 2.34. The van der Waals surface area contributed by atoms with Gasteiger partial charge in [0.25, 0.3) is 0 Å². The zero-order valence-electron chi connectivity index (χ0n) is 16.8. The fourth-order valence-electron chi connectivity index (χ4n) is 4.26. The number of fused-ring (bicyclic) bond motifs is 1. The smallest absolute Gasteiger partial charge is 0.318 e. The number of carbonyl (C=O) groups is 1. The lowest BCUT2D eigenvalue weighted by molar-refractivity contribution is -0.158. The maximum absolute atomic E-state index is 12.7. The van der Waals surface area contributed by atoms with Crippen molar-refractivity contribution in [1.82, 2.24) is 0 Å². The van der Waals surface area contributed by atoms with Gasteiger partial charge in [-0.15, -0.1) is 0 Å². The van der Waals surface area contributed by atoms with Gasteiger partial charge in [0.1, 0.15) is 5.41 Å². The van der Waals surface area contributed by atoms with E-state index < -0.39 is 13.7 Å². The number of nitrogens with two attached hydrogens (primary N) is 1. The highest BCUT2D eigenvalue weighted by molar-refractivity contribution is 6.74. The molecule has 144 valence electrons. The van der Waals surface area contributed by atoms with Crippen LogP contribution >= 0.6 is 0 Å². The third-order valence-electron chi connectivity index (χ3n) is 6.96. The van der Waals surface area contributed by atoms with Gasteiger partial charge in [-0.2, -0.15) is 0 Å². The second kappa shape index (κ2) is 6.80. The quantitative estimate of drug-likeness (QED) is 0.442. The lowest BCUT2D eigenvalue weighted by Crippen LogP contribution is -2.49. The molecule has 1 fully saturated rings. The molecule has 0 aliphatic heterocycles. The Kier molecular flexibility index (Phi) is 5.61. The number of methoxy groups -OCH3 is 2. The molecule has 2 aliphatic carbocycles. The SMILES string of the molecule is COC(=O)[C@@]12C=CC[C@@H]1[C@@](CN)(CO[Si](C)(C)C(C)(C)C)C[C@@H]2OC. The van der Waals surface area contributed by atoms with Crippen molar-refractivity contribution in [3.05, 3.63) is 12.2 Å². The molecule has 4 atom stereocenters. The van der Waals surface area contributed by atoms with E-state index in [0.717, 1.165) is 12.8 Å². The lowest BCUT2D eigenvalue weighted by atomic mass is 9.70. The summed E-state index contributed by atoms with van der Waals surface area (Å²) in [4.78, 5) is 12.7. The highest BCUT2D eigenvalue weighted by Crippen LogP contribution is 2.61. The van der Waals surface area contributed by atoms with Crippen molar-refractivity contribution in [3.63, 3.8) is 0 Å². The number of rotatable bonds is 6. The number of hydrogen-bond donors (Lipinski definition) is 1. The maximum atomic E-state index is 12.7. The van der Waals surface area contributed by atoms with Gasteiger partial charge in [0.2, 0.25) is 0 Å². The minimum absolute atomic E-state index is 0.0622. The molecule has 0 amide bonds. The highest BCUT2D eigenvalue weighted by atomic mass is 28.4. The van der Waals surface area contributed by atoms with Crippen LogP contribution in [0.3, 0.4) is 0 Å². The van der Waals surface area contributed by atoms with Crippen molar-refractivity contribution >= 4 is 14.3 Å². The zero-order chi connectivity index (χ0) is 19.1. The Morgan fingerprint density at radius 1 is 1.32 bits per heavy atom. The molecule has 0 saturated heterocycles. The Labute approximate surface area is 153 Å². The molecule has 1 saturated carbocycles. The van der Waals surface area contributed by atoms with Gasteiger partial charge in [-0.3, -0.25) is 4.79 Å². The first-order valence-electron chi connectivity index (χ1n) is 9.13. The first kappa shape index (κ1) is 20.6. The number of ether oxygens (including phenoxy) is 2. The average Bonchev–Trinajstić information content (AvgIpc) is 3.09. The molecule has 0 aromatic rings. The van der Waals surface area contributed by atoms with Crippen LogP contribution in [0.1, 0.15) is 33.6 Å². The maximum Gasteiger partial charge on any atom is 0.318 e. The standard InChI is InChI=1S/C19H35NO4Si/c1-17(2,3)25(6,7)24-13-18(12-20)11-15(22-4)19(16(21)23-5)10-8-9-14(18)19/h8,10,14-15H,9,11-13,20H2,1-7H3/t14-,15+,18+,19+/m1/s1. The molecule has 0 unspecified atom stereocenters. The van der Waals surface area contributed by atoms with Crippen LogP contribution in [0.25, 0.3) is 0 Å². The first-order chi connectivity index (χ1) is 11.5. The van der Waals surface area contributed by atoms with E-state index in [-0.39, 0.29) is 28.4 Å². The monoisotopic (exact) mass is 369 g/mol. The number of allylic oxidation sites excluding steroid dienone is 1. The van der Waals surface area contributed by atoms with Crippen LogP contribution in [0.15, 0.2) is 12.2 Å². The Hall–Kier alpha value is -0.693. The molecule has 0 spiro atoms. The van der Waals surface area contributed by atoms with E-state index in [2.05, 4.69) is 39.9 Å². The first-order valence-corrected chi connectivity index (χ1v) is 12.0. The third kappa shape index (κ3) is 3.11. The van der Waals surface area contributed by atoms with Crippen LogP contribution in [0.5, 0.6) is 0 Å². The van der Waals surface area contributed by atoms with Crippen molar-refractivity contribution in [2.45, 2.75) is 57.8 Å². The molecular weight excluding hydrogens is 334 g/mol. The number of hydrogen-bond acceptors (Lipinski definition) is 5. The van der Waals surface area contributed by atoms with E-state index in [1.165, 1.54) is 7.11 Å². The summed E-state index contributed by atoms with van der Waals surface area (Å²) >= 11 is 0. The van der Waals surface area contributed by atoms with Gasteiger partial charge in [0.05, 0.1) is 13.2 Å². The predicted octanol–water partition coefficient (Wildman–Crippen LogP) is 3.11. The topological polar surface area (TPSA) is 70.8 Å². The molecule has 25 heavy (non-hydrogen) atoms. The third-order valence-corrected chi connectivity index (χ3v) is 11.4. The van der Waals surface area contributed by atoms with Crippen molar-refractivity contribution < 1.29 is 18.7 Å². The van der Waals surface area contributed by atoms with E-state index in [1.807, 2.05) is 6.08 Å². The largest absolute Gasteiger partial charge is 0.468 e. The lowest BCUT2D eigenvalue weighted by Gasteiger charge is -2.42. The summed E-state index contributed by atoms with van der Waals surface area (Å²) in [5, 5.41) is 0.134. The summed E-state index contributed by atoms with van der Waals surface area (Å²) in [7, 11) is 1.21. The van der Waals surface area contributed by atoms with Crippen LogP contribution in [0.4, 0.5) is 0 Å². The molecule has 2 aliphatic rings. The van der Waals surface area contributed by atoms with Crippen LogP contribution < -0.4 is 5.73 Å². The minimum atomic E-state index is -1.90. The second-order valence-corrected chi connectivity index (χ2v) is 14.0. The molecule has 5 nitrogen and oxygen atoms in total. The normalized spacial score (nSPS) is 35.0. The Bertz CT molecular complexity index is 542. The molecule has 0 heterocycles. The summed E-state index contributed by atoms with van der Waals surface area (Å²) in [6.07, 6.45) is 5.37. The summed E-state index contributed by atoms with van der Waals surface area (Å²) in [5.41, 5.74) is 5.27. The van der Waals surface area contributed by atoms with Crippen LogP contribution in [0.2, 0.25) is 18.1 Å². The van der Waals surface area contributed by atoms with Crippen molar-refractivity contribution in [1.29, 1.82) is 0 Å². The molecule has 2 N–H and O–H groups in total. The summed E-state index contributed by atoms with van der Waals surface area (Å²) < 4.78 is 17.5. The average molecular weight is 370 g/mol. The summed E-state index contributed by atoms with van der Waals surface area (Å²) in [5.74, 6) is -0.159. The van der Waals surface area contributed by atoms with Crippen molar-refractivity contribution in [2.24, 2.45) is 22.5 Å². The highest BCUT2D eigenvalue weighted by Gasteiger charge is 2.66. The fraction of sp³-hybridized carbons (Fsp3) is 0.842. The predicted molar refractivity (Wildman–Crippen MR) is 102 cm³/mol. The zero-order valence-corrected chi connectivity index (χ0v) is 17.8. The van der Waals surface area contributed by atoms with E-state index in [0.29, 0.717) is 13.2 Å². The Morgan fingerprint density at radius 3 is 2.44 bits per heavy atom.